The summed E-state index contributed by atoms with van der Waals surface area (Å²) in [6.45, 7) is 4.37. The fraction of sp³-hybridized carbons (Fsp3) is 1.00. The molecule has 0 aromatic carbocycles. The summed E-state index contributed by atoms with van der Waals surface area (Å²) in [6.07, 6.45) is 7.98. The normalized spacial score (nSPS) is 29.1. The Morgan fingerprint density at radius 2 is 1.85 bits per heavy atom. The zero-order chi connectivity index (χ0) is 9.52. The highest BCUT2D eigenvalue weighted by atomic mass is 14.9. The van der Waals surface area contributed by atoms with E-state index in [1.165, 1.54) is 32.1 Å². The summed E-state index contributed by atoms with van der Waals surface area (Å²) >= 11 is 0. The zero-order valence-electron chi connectivity index (χ0n) is 8.89. The van der Waals surface area contributed by atoms with Crippen molar-refractivity contribution in [1.82, 2.24) is 5.32 Å². The third-order valence-corrected chi connectivity index (χ3v) is 3.08. The van der Waals surface area contributed by atoms with E-state index in [2.05, 4.69) is 12.2 Å². The maximum Gasteiger partial charge on any atom is 0.00672 e. The first kappa shape index (κ1) is 11.0. The maximum absolute atomic E-state index is 5.44. The minimum Gasteiger partial charge on any atom is -0.330 e. The molecule has 13 heavy (non-hydrogen) atoms. The van der Waals surface area contributed by atoms with Crippen molar-refractivity contribution < 1.29 is 0 Å². The molecule has 0 bridgehead atoms. The van der Waals surface area contributed by atoms with Crippen molar-refractivity contribution in [2.45, 2.75) is 51.5 Å². The van der Waals surface area contributed by atoms with Crippen LogP contribution in [0.1, 0.15) is 45.4 Å². The van der Waals surface area contributed by atoms with Gasteiger partial charge in [0.1, 0.15) is 0 Å². The Morgan fingerprint density at radius 3 is 2.46 bits per heavy atom. The summed E-state index contributed by atoms with van der Waals surface area (Å²) in [5.74, 6) is 0.960. The van der Waals surface area contributed by atoms with Crippen LogP contribution in [0.5, 0.6) is 0 Å². The lowest BCUT2D eigenvalue weighted by Gasteiger charge is -2.27. The molecule has 1 fully saturated rings. The topological polar surface area (TPSA) is 38.0 Å². The van der Waals surface area contributed by atoms with Crippen LogP contribution in [-0.4, -0.2) is 19.1 Å². The zero-order valence-corrected chi connectivity index (χ0v) is 8.89. The van der Waals surface area contributed by atoms with E-state index in [1.54, 1.807) is 0 Å². The second-order valence-corrected chi connectivity index (χ2v) is 4.41. The Labute approximate surface area is 82.3 Å². The lowest BCUT2D eigenvalue weighted by molar-refractivity contribution is 0.307. The summed E-state index contributed by atoms with van der Waals surface area (Å²) < 4.78 is 0. The Kier molecular flexibility index (Phi) is 5.40. The molecule has 0 atom stereocenters. The number of unbranched alkanes of at least 4 members (excludes halogenated alkanes) is 1. The van der Waals surface area contributed by atoms with E-state index in [0.29, 0.717) is 0 Å². The summed E-state index contributed by atoms with van der Waals surface area (Å²) in [7, 11) is 0. The molecule has 0 heterocycles. The highest BCUT2D eigenvalue weighted by Crippen LogP contribution is 2.23. The van der Waals surface area contributed by atoms with E-state index >= 15 is 0 Å². The quantitative estimate of drug-likeness (QED) is 0.640. The number of hydrogen-bond donors (Lipinski definition) is 2. The van der Waals surface area contributed by atoms with Gasteiger partial charge in [0.15, 0.2) is 0 Å². The molecule has 1 aliphatic carbocycles. The summed E-state index contributed by atoms with van der Waals surface area (Å²) in [4.78, 5) is 0. The van der Waals surface area contributed by atoms with Gasteiger partial charge in [-0.3, -0.25) is 0 Å². The minimum absolute atomic E-state index is 0.800. The lowest BCUT2D eigenvalue weighted by Crippen LogP contribution is -2.33. The monoisotopic (exact) mass is 184 g/mol. The standard InChI is InChI=1S/C11H24N2/c1-10-4-6-11(7-5-10)13-9-3-2-8-12/h10-11,13H,2-9,12H2,1H3. The molecule has 1 aliphatic rings. The van der Waals surface area contributed by atoms with Gasteiger partial charge in [-0.2, -0.15) is 0 Å². The van der Waals surface area contributed by atoms with E-state index in [9.17, 15) is 0 Å². The first-order valence-corrected chi connectivity index (χ1v) is 5.76. The van der Waals surface area contributed by atoms with Gasteiger partial charge in [-0.05, 0) is 57.5 Å². The van der Waals surface area contributed by atoms with E-state index < -0.39 is 0 Å². The third-order valence-electron chi connectivity index (χ3n) is 3.08. The van der Waals surface area contributed by atoms with Gasteiger partial charge >= 0.3 is 0 Å². The van der Waals surface area contributed by atoms with Crippen LogP contribution < -0.4 is 11.1 Å². The highest BCUT2D eigenvalue weighted by Gasteiger charge is 2.16. The van der Waals surface area contributed by atoms with Crippen LogP contribution >= 0.6 is 0 Å². The molecule has 2 nitrogen and oxygen atoms in total. The number of nitrogens with two attached hydrogens (primary N) is 1. The summed E-state index contributed by atoms with van der Waals surface area (Å²) in [6, 6.07) is 0.800. The van der Waals surface area contributed by atoms with E-state index in [1.807, 2.05) is 0 Å². The molecule has 1 rings (SSSR count). The minimum atomic E-state index is 0.800. The van der Waals surface area contributed by atoms with Crippen molar-refractivity contribution in [2.24, 2.45) is 11.7 Å². The number of hydrogen-bond acceptors (Lipinski definition) is 2. The molecule has 0 radical (unpaired) electrons. The largest absolute Gasteiger partial charge is 0.330 e. The van der Waals surface area contributed by atoms with Crippen LogP contribution in [0.2, 0.25) is 0 Å². The molecule has 0 spiro atoms. The van der Waals surface area contributed by atoms with Crippen LogP contribution in [-0.2, 0) is 0 Å². The Morgan fingerprint density at radius 1 is 1.15 bits per heavy atom. The third kappa shape index (κ3) is 4.63. The number of rotatable bonds is 5. The van der Waals surface area contributed by atoms with Gasteiger partial charge in [0.05, 0.1) is 0 Å². The van der Waals surface area contributed by atoms with Crippen molar-refractivity contribution in [1.29, 1.82) is 0 Å². The fourth-order valence-electron chi connectivity index (χ4n) is 2.04. The molecule has 78 valence electrons. The van der Waals surface area contributed by atoms with Gasteiger partial charge in [-0.1, -0.05) is 6.92 Å². The highest BCUT2D eigenvalue weighted by molar-refractivity contribution is 4.74. The van der Waals surface area contributed by atoms with Gasteiger partial charge in [-0.15, -0.1) is 0 Å². The predicted octanol–water partition coefficient (Wildman–Crippen LogP) is 1.89. The molecule has 0 aromatic heterocycles. The fourth-order valence-corrected chi connectivity index (χ4v) is 2.04. The molecule has 0 aliphatic heterocycles. The van der Waals surface area contributed by atoms with Gasteiger partial charge in [0.2, 0.25) is 0 Å². The molecular formula is C11H24N2. The molecule has 0 aromatic rings. The maximum atomic E-state index is 5.44. The number of nitrogens with one attached hydrogen (secondary N) is 1. The van der Waals surface area contributed by atoms with Gasteiger partial charge < -0.3 is 11.1 Å². The molecule has 1 saturated carbocycles. The van der Waals surface area contributed by atoms with Gasteiger partial charge in [0.25, 0.3) is 0 Å². The van der Waals surface area contributed by atoms with Crippen LogP contribution in [0.4, 0.5) is 0 Å². The Balaban J connectivity index is 1.96. The van der Waals surface area contributed by atoms with Crippen molar-refractivity contribution in [3.8, 4) is 0 Å². The van der Waals surface area contributed by atoms with Crippen molar-refractivity contribution in [3.05, 3.63) is 0 Å². The van der Waals surface area contributed by atoms with Crippen LogP contribution in [0.25, 0.3) is 0 Å². The second-order valence-electron chi connectivity index (χ2n) is 4.41. The molecule has 0 unspecified atom stereocenters. The lowest BCUT2D eigenvalue weighted by atomic mass is 9.87. The van der Waals surface area contributed by atoms with Crippen LogP contribution in [0, 0.1) is 5.92 Å². The average Bonchev–Trinajstić information content (AvgIpc) is 2.15. The molecule has 0 saturated heterocycles. The van der Waals surface area contributed by atoms with Crippen molar-refractivity contribution >= 4 is 0 Å². The molecule has 3 N–H and O–H groups in total. The SMILES string of the molecule is CC1CCC(NCCCCN)CC1. The van der Waals surface area contributed by atoms with Gasteiger partial charge in [-0.25, -0.2) is 0 Å². The summed E-state index contributed by atoms with van der Waals surface area (Å²) in [5, 5.41) is 3.62. The van der Waals surface area contributed by atoms with E-state index in [4.69, 9.17) is 5.73 Å². The first-order chi connectivity index (χ1) is 6.33. The van der Waals surface area contributed by atoms with E-state index in [-0.39, 0.29) is 0 Å². The smallest absolute Gasteiger partial charge is 0.00672 e. The molecular weight excluding hydrogens is 160 g/mol. The molecule has 2 heteroatoms. The summed E-state index contributed by atoms with van der Waals surface area (Å²) in [5.41, 5.74) is 5.44. The average molecular weight is 184 g/mol. The molecule has 0 amide bonds. The van der Waals surface area contributed by atoms with Crippen molar-refractivity contribution in [2.75, 3.05) is 13.1 Å². The Bertz CT molecular complexity index is 117. The van der Waals surface area contributed by atoms with Gasteiger partial charge in [0, 0.05) is 6.04 Å². The first-order valence-electron chi connectivity index (χ1n) is 5.76. The Hall–Kier alpha value is -0.0800. The van der Waals surface area contributed by atoms with Crippen LogP contribution in [0.15, 0.2) is 0 Å². The van der Waals surface area contributed by atoms with Crippen LogP contribution in [0.3, 0.4) is 0 Å². The van der Waals surface area contributed by atoms with E-state index in [0.717, 1.165) is 31.5 Å². The predicted molar refractivity (Wildman–Crippen MR) is 57.7 cm³/mol. The second kappa shape index (κ2) is 6.39. The van der Waals surface area contributed by atoms with Crippen molar-refractivity contribution in [3.63, 3.8) is 0 Å².